The highest BCUT2D eigenvalue weighted by molar-refractivity contribution is 8.44. The number of hydrogen-bond donors (Lipinski definition) is 5. The van der Waals surface area contributed by atoms with Crippen LogP contribution in [-0.2, 0) is 22.9 Å². The Kier molecular flexibility index (Phi) is 5.85. The predicted octanol–water partition coefficient (Wildman–Crippen LogP) is 0.741. The zero-order valence-corrected chi connectivity index (χ0v) is 16.6. The summed E-state index contributed by atoms with van der Waals surface area (Å²) < 4.78 is 39.8. The van der Waals surface area contributed by atoms with Crippen LogP contribution in [-0.4, -0.2) is 43.2 Å². The minimum atomic E-state index is -4.03. The average Bonchev–Trinajstić information content (AvgIpc) is 3.07. The Labute approximate surface area is 157 Å². The molecule has 0 amide bonds. The Bertz CT molecular complexity index is 945. The number of aromatic nitrogens is 4. The van der Waals surface area contributed by atoms with Crippen molar-refractivity contribution < 1.29 is 27.8 Å². The molecule has 12 nitrogen and oxygen atoms in total. The number of thiol groups is 2. The number of hydrogen-bond acceptors (Lipinski definition) is 9. The molecule has 0 aliphatic carbocycles. The molecule has 2 aromatic rings. The van der Waals surface area contributed by atoms with Gasteiger partial charge in [-0.25, -0.2) is 9.55 Å². The smallest absolute Gasteiger partial charge is 0.369 e. The molecule has 0 bridgehead atoms. The molecule has 3 rings (SSSR count). The van der Waals surface area contributed by atoms with Crippen LogP contribution in [0.5, 0.6) is 0 Å². The molecular formula is C10H15N5O7P2S2. The molecule has 16 heteroatoms. The maximum absolute atomic E-state index is 11.9. The number of aromatic amines is 1. The van der Waals surface area contributed by atoms with Crippen LogP contribution in [0.3, 0.4) is 0 Å². The molecule has 0 aromatic carbocycles. The topological polar surface area (TPSA) is 172 Å². The molecular weight excluding hydrogens is 428 g/mol. The van der Waals surface area contributed by atoms with Gasteiger partial charge in [0.15, 0.2) is 11.2 Å². The largest absolute Gasteiger partial charge is 0.383 e. The number of rotatable bonds is 6. The van der Waals surface area contributed by atoms with E-state index in [0.29, 0.717) is 0 Å². The maximum atomic E-state index is 11.9. The molecule has 0 spiro atoms. The highest BCUT2D eigenvalue weighted by Crippen LogP contribution is 2.48. The third-order valence-electron chi connectivity index (χ3n) is 3.60. The lowest BCUT2D eigenvalue weighted by Crippen LogP contribution is -2.26. The third kappa shape index (κ3) is 4.52. The summed E-state index contributed by atoms with van der Waals surface area (Å²) in [5.74, 6) is -0.0911. The van der Waals surface area contributed by atoms with E-state index in [-0.39, 0.29) is 30.1 Å². The van der Waals surface area contributed by atoms with E-state index in [9.17, 15) is 13.9 Å². The minimum absolute atomic E-state index is 0.0676. The second-order valence-corrected chi connectivity index (χ2v) is 9.97. The van der Waals surface area contributed by atoms with Gasteiger partial charge in [-0.05, 0) is 0 Å². The normalized spacial score (nSPS) is 26.8. The van der Waals surface area contributed by atoms with Gasteiger partial charge in [0.1, 0.15) is 12.3 Å². The molecule has 4 N–H and O–H groups in total. The van der Waals surface area contributed by atoms with Gasteiger partial charge in [-0.2, -0.15) is 4.98 Å². The third-order valence-corrected chi connectivity index (χ3v) is 5.25. The number of nitrogens with zero attached hydrogens (tertiary/aromatic N) is 3. The van der Waals surface area contributed by atoms with Gasteiger partial charge in [-0.15, -0.1) is 0 Å². The molecule has 1 saturated heterocycles. The lowest BCUT2D eigenvalue weighted by molar-refractivity contribution is -0.0335. The number of anilines is 1. The Balaban J connectivity index is 1.88. The molecule has 2 unspecified atom stereocenters. The van der Waals surface area contributed by atoms with Crippen LogP contribution in [0.1, 0.15) is 12.6 Å². The van der Waals surface area contributed by atoms with Crippen molar-refractivity contribution in [1.29, 1.82) is 0 Å². The van der Waals surface area contributed by atoms with Crippen molar-refractivity contribution in [3.8, 4) is 0 Å². The molecule has 1 aliphatic rings. The number of fused-ring (bicyclic) bond motifs is 1. The number of nitrogens with one attached hydrogen (secondary N) is 1. The predicted molar refractivity (Wildman–Crippen MR) is 98.7 cm³/mol. The monoisotopic (exact) mass is 443 g/mol. The lowest BCUT2D eigenvalue weighted by atomic mass is 10.2. The van der Waals surface area contributed by atoms with E-state index in [0.717, 1.165) is 0 Å². The number of nitrogen functional groups attached to an aromatic ring is 1. The van der Waals surface area contributed by atoms with Crippen LogP contribution in [0, 0.1) is 0 Å². The second kappa shape index (κ2) is 7.64. The van der Waals surface area contributed by atoms with Crippen molar-refractivity contribution in [1.82, 2.24) is 19.5 Å². The molecule has 5 atom stereocenters. The zero-order valence-electron chi connectivity index (χ0n) is 12.9. The minimum Gasteiger partial charge on any atom is -0.369 e. The van der Waals surface area contributed by atoms with Crippen molar-refractivity contribution in [2.24, 2.45) is 0 Å². The van der Waals surface area contributed by atoms with E-state index in [1.807, 2.05) is 0 Å². The molecule has 1 fully saturated rings. The first-order valence-corrected chi connectivity index (χ1v) is 12.4. The number of H-pyrrole nitrogens is 1. The van der Waals surface area contributed by atoms with Gasteiger partial charge in [0.05, 0.1) is 19.0 Å². The van der Waals surface area contributed by atoms with Crippen LogP contribution in [0.4, 0.5) is 5.95 Å². The number of ether oxygens (including phenoxy) is 1. The van der Waals surface area contributed by atoms with Crippen LogP contribution in [0.15, 0.2) is 11.1 Å². The molecule has 2 aromatic heterocycles. The second-order valence-electron chi connectivity index (χ2n) is 5.35. The van der Waals surface area contributed by atoms with Gasteiger partial charge in [0.2, 0.25) is 13.2 Å². The van der Waals surface area contributed by atoms with Crippen LogP contribution in [0.25, 0.3) is 11.2 Å². The fourth-order valence-corrected chi connectivity index (χ4v) is 4.05. The Hall–Kier alpha value is -0.850. The van der Waals surface area contributed by atoms with Crippen molar-refractivity contribution in [2.75, 3.05) is 12.3 Å². The Morgan fingerprint density at radius 1 is 1.62 bits per heavy atom. The Morgan fingerprint density at radius 2 is 2.35 bits per heavy atom. The standard InChI is InChI=1S/C10H15N5O7P2S2/c11-10-13-8-7(9(16)14-10)12-3-15(8)6-1-4(22-23(17)25)5(21-6)2-20-24(18,19)26/h3-6,23H,1-2H2,(H,17,25)(H2,18,19,26)(H3,11,13,14,16)/t4-,5+,6+/m0/s1. The SMILES string of the molecule is Nc1nc2c(ncn2[C@H]2C[C@H](O[PH](=O)S)[C@@H](COP(=O)(O)S)O2)c(=O)[nH]1. The molecule has 0 radical (unpaired) electrons. The van der Waals surface area contributed by atoms with Crippen molar-refractivity contribution >= 4 is 55.6 Å². The fourth-order valence-electron chi connectivity index (χ4n) is 2.60. The Morgan fingerprint density at radius 3 is 3.00 bits per heavy atom. The highest BCUT2D eigenvalue weighted by Gasteiger charge is 2.39. The van der Waals surface area contributed by atoms with Crippen molar-refractivity contribution in [3.05, 3.63) is 16.7 Å². The summed E-state index contributed by atoms with van der Waals surface area (Å²) in [5, 5.41) is 0. The van der Waals surface area contributed by atoms with Crippen LogP contribution in [0.2, 0.25) is 0 Å². The first kappa shape index (κ1) is 19.9. The zero-order chi connectivity index (χ0) is 19.1. The van der Waals surface area contributed by atoms with Gasteiger partial charge in [0.25, 0.3) is 5.56 Å². The summed E-state index contributed by atoms with van der Waals surface area (Å²) in [6.45, 7) is -4.36. The molecule has 0 saturated carbocycles. The first-order valence-electron chi connectivity index (χ1n) is 7.11. The molecule has 3 heterocycles. The van der Waals surface area contributed by atoms with Crippen molar-refractivity contribution in [2.45, 2.75) is 24.9 Å². The van der Waals surface area contributed by atoms with E-state index >= 15 is 0 Å². The quantitative estimate of drug-likeness (QED) is 0.317. The fraction of sp³-hybridized carbons (Fsp3) is 0.500. The maximum Gasteiger partial charge on any atom is 0.383 e. The van der Waals surface area contributed by atoms with Gasteiger partial charge in [-0.3, -0.25) is 23.4 Å². The summed E-state index contributed by atoms with van der Waals surface area (Å²) in [6.07, 6.45) is -0.741. The summed E-state index contributed by atoms with van der Waals surface area (Å²) in [6, 6.07) is 0. The van der Waals surface area contributed by atoms with E-state index < -0.39 is 38.0 Å². The van der Waals surface area contributed by atoms with E-state index in [4.69, 9.17) is 24.4 Å². The molecule has 26 heavy (non-hydrogen) atoms. The summed E-state index contributed by atoms with van der Waals surface area (Å²) in [4.78, 5) is 31.4. The summed E-state index contributed by atoms with van der Waals surface area (Å²) in [7, 11) is -2.61. The van der Waals surface area contributed by atoms with E-state index in [1.165, 1.54) is 10.9 Å². The summed E-state index contributed by atoms with van der Waals surface area (Å²) >= 11 is 7.17. The summed E-state index contributed by atoms with van der Waals surface area (Å²) in [5.41, 5.74) is 5.31. The average molecular weight is 443 g/mol. The highest BCUT2D eigenvalue weighted by atomic mass is 32.7. The first-order chi connectivity index (χ1) is 12.1. The van der Waals surface area contributed by atoms with Gasteiger partial charge < -0.3 is 19.9 Å². The van der Waals surface area contributed by atoms with Crippen LogP contribution < -0.4 is 11.3 Å². The number of imidazole rings is 1. The number of nitrogens with two attached hydrogens (primary N) is 1. The van der Waals surface area contributed by atoms with Gasteiger partial charge in [-0.1, -0.05) is 24.5 Å². The molecule has 1 aliphatic heterocycles. The van der Waals surface area contributed by atoms with Gasteiger partial charge >= 0.3 is 6.80 Å². The van der Waals surface area contributed by atoms with E-state index in [1.54, 1.807) is 0 Å². The van der Waals surface area contributed by atoms with Gasteiger partial charge in [0, 0.05) is 6.42 Å². The lowest BCUT2D eigenvalue weighted by Gasteiger charge is -2.18. The van der Waals surface area contributed by atoms with Crippen molar-refractivity contribution in [3.63, 3.8) is 0 Å². The van der Waals surface area contributed by atoms with E-state index in [2.05, 4.69) is 39.4 Å². The van der Waals surface area contributed by atoms with Crippen LogP contribution >= 0.6 is 38.5 Å². The molecule has 144 valence electrons.